The van der Waals surface area contributed by atoms with E-state index in [0.717, 1.165) is 0 Å². The molecule has 0 heterocycles. The van der Waals surface area contributed by atoms with Gasteiger partial charge in [0.25, 0.3) is 0 Å². The van der Waals surface area contributed by atoms with E-state index in [9.17, 15) is 0 Å². The van der Waals surface area contributed by atoms with E-state index >= 15 is 0 Å². The van der Waals surface area contributed by atoms with Crippen LogP contribution in [0.25, 0.3) is 0 Å². The van der Waals surface area contributed by atoms with E-state index in [0.29, 0.717) is 17.6 Å². The Kier molecular flexibility index (Phi) is 4.80. The van der Waals surface area contributed by atoms with Crippen LogP contribution in [0.5, 0.6) is 0 Å². The van der Waals surface area contributed by atoms with Crippen LogP contribution in [0.15, 0.2) is 0 Å². The van der Waals surface area contributed by atoms with Gasteiger partial charge in [-0.1, -0.05) is 20.8 Å². The molecule has 0 saturated heterocycles. The first-order chi connectivity index (χ1) is 5.44. The lowest BCUT2D eigenvalue weighted by Gasteiger charge is -2.35. The van der Waals surface area contributed by atoms with E-state index in [1.54, 1.807) is 0 Å². The molecule has 12 heavy (non-hydrogen) atoms. The Morgan fingerprint density at radius 2 is 1.75 bits per heavy atom. The summed E-state index contributed by atoms with van der Waals surface area (Å²) in [5.41, 5.74) is 0.318. The van der Waals surface area contributed by atoms with Crippen LogP contribution >= 0.6 is 0 Å². The van der Waals surface area contributed by atoms with Crippen LogP contribution in [0, 0.1) is 5.41 Å². The maximum absolute atomic E-state index is 3.51. The number of hydrogen-bond donors (Lipinski definition) is 2. The van der Waals surface area contributed by atoms with Crippen molar-refractivity contribution in [2.24, 2.45) is 5.41 Å². The Morgan fingerprint density at radius 1 is 1.25 bits per heavy atom. The Balaban J connectivity index is 4.13. The molecule has 0 rings (SSSR count). The van der Waals surface area contributed by atoms with E-state index in [-0.39, 0.29) is 0 Å². The van der Waals surface area contributed by atoms with Crippen molar-refractivity contribution < 1.29 is 0 Å². The van der Waals surface area contributed by atoms with Gasteiger partial charge in [-0.3, -0.25) is 5.32 Å². The molecule has 1 unspecified atom stereocenters. The fourth-order valence-corrected chi connectivity index (χ4v) is 1.24. The smallest absolute Gasteiger partial charge is 0.0623 e. The SMILES string of the molecule is CCC(C)(C)C(NC)NC(C)C. The van der Waals surface area contributed by atoms with Gasteiger partial charge in [-0.05, 0) is 32.7 Å². The van der Waals surface area contributed by atoms with E-state index in [1.165, 1.54) is 6.42 Å². The lowest BCUT2D eigenvalue weighted by Crippen LogP contribution is -2.52. The van der Waals surface area contributed by atoms with Crippen LogP contribution in [0.1, 0.15) is 41.0 Å². The summed E-state index contributed by atoms with van der Waals surface area (Å²) in [5, 5.41) is 6.82. The molecule has 74 valence electrons. The van der Waals surface area contributed by atoms with Crippen molar-refractivity contribution in [1.82, 2.24) is 10.6 Å². The minimum atomic E-state index is 0.318. The maximum atomic E-state index is 3.51. The van der Waals surface area contributed by atoms with Gasteiger partial charge in [0.1, 0.15) is 0 Å². The van der Waals surface area contributed by atoms with Crippen molar-refractivity contribution in [2.45, 2.75) is 53.2 Å². The fraction of sp³-hybridized carbons (Fsp3) is 1.00. The summed E-state index contributed by atoms with van der Waals surface area (Å²) in [4.78, 5) is 0. The van der Waals surface area contributed by atoms with Crippen molar-refractivity contribution in [2.75, 3.05) is 7.05 Å². The molecule has 0 radical (unpaired) electrons. The zero-order chi connectivity index (χ0) is 9.78. The first kappa shape index (κ1) is 11.9. The highest BCUT2D eigenvalue weighted by Gasteiger charge is 2.26. The van der Waals surface area contributed by atoms with E-state index in [2.05, 4.69) is 45.3 Å². The topological polar surface area (TPSA) is 24.1 Å². The van der Waals surface area contributed by atoms with Crippen LogP contribution in [-0.2, 0) is 0 Å². The highest BCUT2D eigenvalue weighted by atomic mass is 15.1. The number of nitrogens with one attached hydrogen (secondary N) is 2. The first-order valence-corrected chi connectivity index (χ1v) is 4.87. The van der Waals surface area contributed by atoms with E-state index < -0.39 is 0 Å². The maximum Gasteiger partial charge on any atom is 0.0623 e. The van der Waals surface area contributed by atoms with Gasteiger partial charge in [-0.25, -0.2) is 0 Å². The first-order valence-electron chi connectivity index (χ1n) is 4.87. The minimum absolute atomic E-state index is 0.318. The predicted octanol–water partition coefficient (Wildman–Crippen LogP) is 1.97. The molecule has 0 aliphatic rings. The second kappa shape index (κ2) is 4.83. The molecule has 0 bridgehead atoms. The zero-order valence-electron chi connectivity index (χ0n) is 9.36. The molecule has 2 heteroatoms. The molecule has 0 fully saturated rings. The third kappa shape index (κ3) is 3.55. The van der Waals surface area contributed by atoms with Gasteiger partial charge >= 0.3 is 0 Å². The lowest BCUT2D eigenvalue weighted by atomic mass is 9.86. The molecule has 0 aromatic heterocycles. The molecule has 2 nitrogen and oxygen atoms in total. The number of hydrogen-bond acceptors (Lipinski definition) is 2. The van der Waals surface area contributed by atoms with Crippen molar-refractivity contribution in [3.8, 4) is 0 Å². The van der Waals surface area contributed by atoms with Crippen LogP contribution < -0.4 is 10.6 Å². The third-order valence-corrected chi connectivity index (χ3v) is 2.48. The zero-order valence-corrected chi connectivity index (χ0v) is 9.36. The molecule has 0 aromatic rings. The molecule has 1 atom stereocenters. The molecule has 0 aromatic carbocycles. The standard InChI is InChI=1S/C10H24N2/c1-7-10(4,5)9(11-6)12-8(2)3/h8-9,11-12H,7H2,1-6H3. The second-order valence-electron chi connectivity index (χ2n) is 4.39. The summed E-state index contributed by atoms with van der Waals surface area (Å²) in [6, 6.07) is 0.535. The van der Waals surface area contributed by atoms with Crippen LogP contribution in [0.4, 0.5) is 0 Å². The van der Waals surface area contributed by atoms with E-state index in [1.807, 2.05) is 7.05 Å². The Bertz CT molecular complexity index is 119. The molecule has 2 N–H and O–H groups in total. The average Bonchev–Trinajstić information content (AvgIpc) is 1.99. The largest absolute Gasteiger partial charge is 0.305 e. The molecular formula is C10H24N2. The van der Waals surface area contributed by atoms with Crippen LogP contribution in [-0.4, -0.2) is 19.3 Å². The Hall–Kier alpha value is -0.0800. The van der Waals surface area contributed by atoms with Crippen molar-refractivity contribution in [3.63, 3.8) is 0 Å². The Morgan fingerprint density at radius 3 is 2.00 bits per heavy atom. The summed E-state index contributed by atoms with van der Waals surface area (Å²) < 4.78 is 0. The van der Waals surface area contributed by atoms with Gasteiger partial charge in [0, 0.05) is 6.04 Å². The quantitative estimate of drug-likeness (QED) is 0.620. The summed E-state index contributed by atoms with van der Waals surface area (Å²) in [5.74, 6) is 0. The highest BCUT2D eigenvalue weighted by Crippen LogP contribution is 2.23. The van der Waals surface area contributed by atoms with Crippen LogP contribution in [0.2, 0.25) is 0 Å². The van der Waals surface area contributed by atoms with Gasteiger partial charge in [0.2, 0.25) is 0 Å². The van der Waals surface area contributed by atoms with Gasteiger partial charge < -0.3 is 5.32 Å². The molecule has 0 spiro atoms. The van der Waals surface area contributed by atoms with Gasteiger partial charge in [0.15, 0.2) is 0 Å². The average molecular weight is 172 g/mol. The van der Waals surface area contributed by atoms with Crippen molar-refractivity contribution in [3.05, 3.63) is 0 Å². The monoisotopic (exact) mass is 172 g/mol. The molecule has 0 saturated carbocycles. The van der Waals surface area contributed by atoms with Gasteiger partial charge in [-0.15, -0.1) is 0 Å². The van der Waals surface area contributed by atoms with Gasteiger partial charge in [0.05, 0.1) is 6.17 Å². The summed E-state index contributed by atoms with van der Waals surface area (Å²) in [6.45, 7) is 11.1. The predicted molar refractivity (Wildman–Crippen MR) is 55.2 cm³/mol. The molecule has 0 amide bonds. The normalized spacial score (nSPS) is 15.2. The van der Waals surface area contributed by atoms with Crippen molar-refractivity contribution in [1.29, 1.82) is 0 Å². The number of rotatable bonds is 5. The summed E-state index contributed by atoms with van der Waals surface area (Å²) in [6.07, 6.45) is 1.58. The third-order valence-electron chi connectivity index (χ3n) is 2.48. The fourth-order valence-electron chi connectivity index (χ4n) is 1.24. The molecule has 0 aliphatic heterocycles. The van der Waals surface area contributed by atoms with Crippen LogP contribution in [0.3, 0.4) is 0 Å². The van der Waals surface area contributed by atoms with Gasteiger partial charge in [-0.2, -0.15) is 0 Å². The van der Waals surface area contributed by atoms with Crippen molar-refractivity contribution >= 4 is 0 Å². The second-order valence-corrected chi connectivity index (χ2v) is 4.39. The highest BCUT2D eigenvalue weighted by molar-refractivity contribution is 4.81. The molecular weight excluding hydrogens is 148 g/mol. The summed E-state index contributed by atoms with van der Waals surface area (Å²) in [7, 11) is 2.01. The van der Waals surface area contributed by atoms with E-state index in [4.69, 9.17) is 0 Å². The Labute approximate surface area is 77.1 Å². The molecule has 0 aliphatic carbocycles. The summed E-state index contributed by atoms with van der Waals surface area (Å²) >= 11 is 0. The lowest BCUT2D eigenvalue weighted by molar-refractivity contribution is 0.194. The minimum Gasteiger partial charge on any atom is -0.305 e.